The molecule has 43 heavy (non-hydrogen) atoms. The van der Waals surface area contributed by atoms with Crippen LogP contribution >= 0.6 is 11.8 Å². The Hall–Kier alpha value is -5.48. The van der Waals surface area contributed by atoms with E-state index in [4.69, 9.17) is 6.42 Å². The minimum atomic E-state index is -0.553. The molecule has 1 atom stereocenters. The highest BCUT2D eigenvalue weighted by Crippen LogP contribution is 2.26. The zero-order valence-corrected chi connectivity index (χ0v) is 23.8. The quantitative estimate of drug-likeness (QED) is 0.0882. The molecule has 216 valence electrons. The molecule has 2 aromatic heterocycles. The highest BCUT2D eigenvalue weighted by atomic mass is 32.2. The molecule has 5 rings (SSSR count). The van der Waals surface area contributed by atoms with Gasteiger partial charge in [-0.25, -0.2) is 9.97 Å². The van der Waals surface area contributed by atoms with Gasteiger partial charge in [0.05, 0.1) is 28.4 Å². The van der Waals surface area contributed by atoms with Gasteiger partial charge in [0, 0.05) is 35.7 Å². The van der Waals surface area contributed by atoms with Gasteiger partial charge < -0.3 is 15.2 Å². The van der Waals surface area contributed by atoms with Gasteiger partial charge in [-0.3, -0.25) is 24.8 Å². The van der Waals surface area contributed by atoms with Crippen molar-refractivity contribution in [2.75, 3.05) is 17.2 Å². The first kappa shape index (κ1) is 29.0. The molecule has 1 amide bonds. The van der Waals surface area contributed by atoms with Gasteiger partial charge in [-0.15, -0.1) is 11.5 Å². The van der Waals surface area contributed by atoms with Crippen molar-refractivity contribution in [1.29, 1.82) is 0 Å². The van der Waals surface area contributed by atoms with Crippen molar-refractivity contribution >= 4 is 39.9 Å². The standard InChI is InChI=1S/C30H26N8O4S/c1-3-13-37(16-20-7-12-26-25(14-20)29(40)34-19(2)33-26)23-10-8-21(9-11-23)28(39)35-27(17-43-30-31-18-32-36-30)22-5-4-6-24(15-22)38(41)42/h1,4-12,14-15,18,27H,13,16-17H2,2H3,(H,35,39)(H,31,32,36)(H,33,34,40). The van der Waals surface area contributed by atoms with Crippen LogP contribution in [0.2, 0.25) is 0 Å². The number of hydrogen-bond donors (Lipinski definition) is 3. The van der Waals surface area contributed by atoms with Crippen LogP contribution in [0.25, 0.3) is 10.9 Å². The molecule has 1 unspecified atom stereocenters. The van der Waals surface area contributed by atoms with Crippen molar-refractivity contribution in [2.24, 2.45) is 0 Å². The number of nitro groups is 1. The summed E-state index contributed by atoms with van der Waals surface area (Å²) >= 11 is 1.31. The Morgan fingerprint density at radius 2 is 2.00 bits per heavy atom. The lowest BCUT2D eigenvalue weighted by molar-refractivity contribution is -0.384. The van der Waals surface area contributed by atoms with Crippen LogP contribution in [0, 0.1) is 29.4 Å². The maximum Gasteiger partial charge on any atom is 0.269 e. The lowest BCUT2D eigenvalue weighted by Gasteiger charge is -2.23. The molecule has 0 saturated heterocycles. The van der Waals surface area contributed by atoms with Crippen LogP contribution in [0.1, 0.15) is 33.4 Å². The topological polar surface area (TPSA) is 163 Å². The number of nitrogens with one attached hydrogen (secondary N) is 3. The van der Waals surface area contributed by atoms with Gasteiger partial charge in [0.15, 0.2) is 0 Å². The van der Waals surface area contributed by atoms with Crippen molar-refractivity contribution in [2.45, 2.75) is 24.7 Å². The third-order valence-electron chi connectivity index (χ3n) is 6.60. The van der Waals surface area contributed by atoms with E-state index in [1.807, 2.05) is 17.0 Å². The Morgan fingerprint density at radius 1 is 1.19 bits per heavy atom. The Labute approximate surface area is 250 Å². The molecule has 0 radical (unpaired) electrons. The molecule has 12 nitrogen and oxygen atoms in total. The summed E-state index contributed by atoms with van der Waals surface area (Å²) in [6.07, 6.45) is 7.11. The second-order valence-electron chi connectivity index (χ2n) is 9.58. The summed E-state index contributed by atoms with van der Waals surface area (Å²) in [7, 11) is 0. The summed E-state index contributed by atoms with van der Waals surface area (Å²) in [6, 6.07) is 18.1. The van der Waals surface area contributed by atoms with Crippen LogP contribution in [0.15, 0.2) is 83.0 Å². The summed E-state index contributed by atoms with van der Waals surface area (Å²) < 4.78 is 0. The van der Waals surface area contributed by atoms with Gasteiger partial charge in [-0.1, -0.05) is 35.9 Å². The molecular formula is C30H26N8O4S. The molecule has 0 aliphatic carbocycles. The number of hydrogen-bond acceptors (Lipinski definition) is 9. The number of fused-ring (bicyclic) bond motifs is 1. The predicted molar refractivity (Wildman–Crippen MR) is 164 cm³/mol. The number of thioether (sulfide) groups is 1. The van der Waals surface area contributed by atoms with Gasteiger partial charge >= 0.3 is 0 Å². The second-order valence-corrected chi connectivity index (χ2v) is 10.6. The van der Waals surface area contributed by atoms with Gasteiger partial charge in [0.1, 0.15) is 12.2 Å². The van der Waals surface area contributed by atoms with E-state index in [1.54, 1.807) is 49.4 Å². The number of aromatic amines is 2. The maximum atomic E-state index is 13.3. The molecule has 0 aliphatic heterocycles. The fourth-order valence-electron chi connectivity index (χ4n) is 4.54. The van der Waals surface area contributed by atoms with Crippen molar-refractivity contribution in [3.63, 3.8) is 0 Å². The third kappa shape index (κ3) is 7.06. The molecule has 3 N–H and O–H groups in total. The summed E-state index contributed by atoms with van der Waals surface area (Å²) in [5, 5.41) is 22.0. The van der Waals surface area contributed by atoms with E-state index >= 15 is 0 Å². The van der Waals surface area contributed by atoms with Crippen molar-refractivity contribution < 1.29 is 9.72 Å². The lowest BCUT2D eigenvalue weighted by Crippen LogP contribution is -2.30. The number of carbonyl (C=O) groups is 1. The Morgan fingerprint density at radius 3 is 2.72 bits per heavy atom. The molecule has 2 heterocycles. The summed E-state index contributed by atoms with van der Waals surface area (Å²) in [4.78, 5) is 49.8. The van der Waals surface area contributed by atoms with Gasteiger partial charge in [-0.2, -0.15) is 0 Å². The van der Waals surface area contributed by atoms with Crippen molar-refractivity contribution in [3.05, 3.63) is 116 Å². The van der Waals surface area contributed by atoms with Crippen LogP contribution < -0.4 is 15.8 Å². The molecule has 0 bridgehead atoms. The normalized spacial score (nSPS) is 11.5. The summed E-state index contributed by atoms with van der Waals surface area (Å²) in [6.45, 7) is 2.48. The summed E-state index contributed by atoms with van der Waals surface area (Å²) in [5.41, 5.74) is 3.01. The number of amides is 1. The van der Waals surface area contributed by atoms with E-state index in [0.29, 0.717) is 51.9 Å². The van der Waals surface area contributed by atoms with Gasteiger partial charge in [0.2, 0.25) is 5.16 Å². The van der Waals surface area contributed by atoms with Crippen LogP contribution in [0.5, 0.6) is 0 Å². The average Bonchev–Trinajstić information content (AvgIpc) is 3.53. The largest absolute Gasteiger partial charge is 0.356 e. The predicted octanol–water partition coefficient (Wildman–Crippen LogP) is 4.16. The number of aryl methyl sites for hydroxylation is 1. The SMILES string of the molecule is C#CCN(Cc1ccc2nc(C)[nH]c(=O)c2c1)c1ccc(C(=O)NC(CSc2nc[nH]n2)c2cccc([N+](=O)[O-])c2)cc1. The molecule has 13 heteroatoms. The van der Waals surface area contributed by atoms with E-state index < -0.39 is 11.0 Å². The van der Waals surface area contributed by atoms with Crippen LogP contribution in [0.3, 0.4) is 0 Å². The third-order valence-corrected chi connectivity index (χ3v) is 7.55. The van der Waals surface area contributed by atoms with Crippen molar-refractivity contribution in [3.8, 4) is 12.3 Å². The fraction of sp³-hybridized carbons (Fsp3) is 0.167. The van der Waals surface area contributed by atoms with E-state index in [2.05, 4.69) is 36.4 Å². The Bertz CT molecular complexity index is 1870. The van der Waals surface area contributed by atoms with E-state index in [-0.39, 0.29) is 17.2 Å². The average molecular weight is 595 g/mol. The molecule has 3 aromatic carbocycles. The molecule has 0 spiro atoms. The molecule has 5 aromatic rings. The highest BCUT2D eigenvalue weighted by molar-refractivity contribution is 7.99. The molecule has 0 fully saturated rings. The number of benzene rings is 3. The second kappa shape index (κ2) is 13.0. The number of carbonyl (C=O) groups excluding carboxylic acids is 1. The monoisotopic (exact) mass is 594 g/mol. The van der Waals surface area contributed by atoms with Crippen LogP contribution in [0.4, 0.5) is 11.4 Å². The lowest BCUT2D eigenvalue weighted by atomic mass is 10.1. The molecule has 0 saturated carbocycles. The number of non-ortho nitro benzene ring substituents is 1. The zero-order chi connectivity index (χ0) is 30.3. The molecule has 0 aliphatic rings. The zero-order valence-electron chi connectivity index (χ0n) is 23.0. The Balaban J connectivity index is 1.33. The number of rotatable bonds is 11. The number of terminal acetylenes is 1. The minimum Gasteiger partial charge on any atom is -0.356 e. The Kier molecular flexibility index (Phi) is 8.78. The fourth-order valence-corrected chi connectivity index (χ4v) is 5.37. The number of H-pyrrole nitrogens is 2. The van der Waals surface area contributed by atoms with Gasteiger partial charge in [-0.05, 0) is 54.4 Å². The summed E-state index contributed by atoms with van der Waals surface area (Å²) in [5.74, 6) is 3.22. The first-order chi connectivity index (χ1) is 20.8. The minimum absolute atomic E-state index is 0.0694. The highest BCUT2D eigenvalue weighted by Gasteiger charge is 2.20. The van der Waals surface area contributed by atoms with E-state index in [1.165, 1.54) is 30.2 Å². The first-order valence-corrected chi connectivity index (χ1v) is 14.1. The maximum absolute atomic E-state index is 13.3. The van der Waals surface area contributed by atoms with Crippen LogP contribution in [-0.2, 0) is 6.54 Å². The van der Waals surface area contributed by atoms with Crippen molar-refractivity contribution in [1.82, 2.24) is 30.5 Å². The molecular weight excluding hydrogens is 568 g/mol. The van der Waals surface area contributed by atoms with E-state index in [0.717, 1.165) is 11.3 Å². The number of aromatic nitrogens is 5. The van der Waals surface area contributed by atoms with E-state index in [9.17, 15) is 19.7 Å². The number of nitrogens with zero attached hydrogens (tertiary/aromatic N) is 5. The smallest absolute Gasteiger partial charge is 0.269 e. The number of nitro benzene ring substituents is 1. The van der Waals surface area contributed by atoms with Crippen LogP contribution in [-0.4, -0.2) is 48.3 Å². The number of anilines is 1. The first-order valence-electron chi connectivity index (χ1n) is 13.1. The van der Waals surface area contributed by atoms with Gasteiger partial charge in [0.25, 0.3) is 17.2 Å².